The summed E-state index contributed by atoms with van der Waals surface area (Å²) in [4.78, 5) is 8.87. The van der Waals surface area contributed by atoms with Crippen LogP contribution in [0.15, 0.2) is 24.3 Å². The third-order valence-corrected chi connectivity index (χ3v) is 3.39. The van der Waals surface area contributed by atoms with E-state index in [1.165, 1.54) is 0 Å². The summed E-state index contributed by atoms with van der Waals surface area (Å²) in [5, 5.41) is 3.16. The Kier molecular flexibility index (Phi) is 3.73. The Bertz CT molecular complexity index is 656. The average Bonchev–Trinajstić information content (AvgIpc) is 3.29. The molecule has 0 saturated heterocycles. The van der Waals surface area contributed by atoms with Crippen molar-refractivity contribution in [3.63, 3.8) is 0 Å². The number of nitrogens with one attached hydrogen (secondary N) is 1. The first kappa shape index (κ1) is 13.8. The van der Waals surface area contributed by atoms with Gasteiger partial charge in [-0.25, -0.2) is 9.37 Å². The van der Waals surface area contributed by atoms with Crippen LogP contribution in [0.25, 0.3) is 0 Å². The van der Waals surface area contributed by atoms with Crippen LogP contribution in [0.1, 0.15) is 37.1 Å². The fourth-order valence-electron chi connectivity index (χ4n) is 2.10. The highest BCUT2D eigenvalue weighted by molar-refractivity contribution is 5.41. The molecule has 0 aliphatic heterocycles. The summed E-state index contributed by atoms with van der Waals surface area (Å²) < 4.78 is 19.7. The van der Waals surface area contributed by atoms with Gasteiger partial charge in [0.1, 0.15) is 11.6 Å². The number of halogens is 1. The number of anilines is 1. The minimum Gasteiger partial charge on any atom is -0.436 e. The highest BCUT2D eigenvalue weighted by Crippen LogP contribution is 2.39. The molecule has 0 atom stereocenters. The Morgan fingerprint density at radius 1 is 1.33 bits per heavy atom. The maximum atomic E-state index is 14.0. The van der Waals surface area contributed by atoms with Crippen molar-refractivity contribution in [3.8, 4) is 11.6 Å². The van der Waals surface area contributed by atoms with Gasteiger partial charge in [-0.3, -0.25) is 0 Å². The second kappa shape index (κ2) is 5.68. The third-order valence-electron chi connectivity index (χ3n) is 3.39. The van der Waals surface area contributed by atoms with E-state index < -0.39 is 0 Å². The van der Waals surface area contributed by atoms with Gasteiger partial charge in [-0.15, -0.1) is 0 Å². The van der Waals surface area contributed by atoms with Crippen molar-refractivity contribution >= 4 is 5.82 Å². The van der Waals surface area contributed by atoms with Crippen LogP contribution in [0.4, 0.5) is 10.2 Å². The normalized spacial score (nSPS) is 14.0. The second-order valence-electron chi connectivity index (χ2n) is 5.24. The van der Waals surface area contributed by atoms with E-state index in [9.17, 15) is 4.39 Å². The van der Waals surface area contributed by atoms with Crippen LogP contribution in [0.2, 0.25) is 0 Å². The van der Waals surface area contributed by atoms with E-state index >= 15 is 0 Å². The molecule has 1 saturated carbocycles. The van der Waals surface area contributed by atoms with E-state index in [-0.39, 0.29) is 11.6 Å². The second-order valence-corrected chi connectivity index (χ2v) is 5.24. The van der Waals surface area contributed by atoms with Crippen molar-refractivity contribution in [2.24, 2.45) is 0 Å². The number of rotatable bonds is 5. The minimum atomic E-state index is -0.353. The van der Waals surface area contributed by atoms with Crippen molar-refractivity contribution in [1.29, 1.82) is 0 Å². The zero-order chi connectivity index (χ0) is 14.8. The van der Waals surface area contributed by atoms with Gasteiger partial charge in [0.2, 0.25) is 5.88 Å². The van der Waals surface area contributed by atoms with E-state index in [2.05, 4.69) is 15.3 Å². The molecular weight excluding hydrogens is 269 g/mol. The molecule has 0 unspecified atom stereocenters. The molecule has 1 heterocycles. The van der Waals surface area contributed by atoms with Crippen LogP contribution in [0.5, 0.6) is 11.6 Å². The number of hydrogen-bond acceptors (Lipinski definition) is 4. The molecule has 2 aromatic rings. The lowest BCUT2D eigenvalue weighted by Gasteiger charge is -2.10. The van der Waals surface area contributed by atoms with E-state index in [4.69, 9.17) is 4.74 Å². The van der Waals surface area contributed by atoms with E-state index in [0.29, 0.717) is 17.4 Å². The predicted molar refractivity (Wildman–Crippen MR) is 79.4 cm³/mol. The molecule has 1 aromatic carbocycles. The van der Waals surface area contributed by atoms with Crippen LogP contribution in [0.3, 0.4) is 0 Å². The Balaban J connectivity index is 1.91. The Morgan fingerprint density at radius 2 is 2.14 bits per heavy atom. The minimum absolute atomic E-state index is 0.192. The van der Waals surface area contributed by atoms with Crippen molar-refractivity contribution in [3.05, 3.63) is 41.5 Å². The van der Waals surface area contributed by atoms with Gasteiger partial charge >= 0.3 is 0 Å². The van der Waals surface area contributed by atoms with E-state index in [0.717, 1.165) is 31.0 Å². The first-order chi connectivity index (χ1) is 10.2. The van der Waals surface area contributed by atoms with Crippen molar-refractivity contribution in [1.82, 2.24) is 9.97 Å². The summed E-state index contributed by atoms with van der Waals surface area (Å²) in [5.74, 6) is 2.13. The smallest absolute Gasteiger partial charge is 0.224 e. The molecule has 1 aliphatic carbocycles. The van der Waals surface area contributed by atoms with Crippen molar-refractivity contribution in [2.75, 3.05) is 11.9 Å². The number of aromatic nitrogens is 2. The molecule has 0 radical (unpaired) electrons. The first-order valence-corrected chi connectivity index (χ1v) is 7.23. The maximum absolute atomic E-state index is 14.0. The van der Waals surface area contributed by atoms with Gasteiger partial charge in [-0.2, -0.15) is 4.98 Å². The van der Waals surface area contributed by atoms with Gasteiger partial charge in [0, 0.05) is 18.5 Å². The zero-order valence-electron chi connectivity index (χ0n) is 12.2. The molecule has 1 N–H and O–H groups in total. The largest absolute Gasteiger partial charge is 0.436 e. The molecule has 110 valence electrons. The van der Waals surface area contributed by atoms with E-state index in [1.54, 1.807) is 31.2 Å². The standard InChI is InChI=1S/C16H18FN3O/c1-3-18-13-9-14(20-16(19-13)11-7-8-11)21-12-6-4-5-10(2)15(12)17/h4-6,9,11H,3,7-8H2,1-2H3,(H,18,19,20). The highest BCUT2D eigenvalue weighted by Gasteiger charge is 2.27. The maximum Gasteiger partial charge on any atom is 0.224 e. The number of hydrogen-bond donors (Lipinski definition) is 1. The third kappa shape index (κ3) is 3.12. The van der Waals surface area contributed by atoms with Crippen LogP contribution in [-0.4, -0.2) is 16.5 Å². The number of ether oxygens (including phenoxy) is 1. The molecule has 1 fully saturated rings. The summed E-state index contributed by atoms with van der Waals surface area (Å²) >= 11 is 0. The summed E-state index contributed by atoms with van der Waals surface area (Å²) in [6.45, 7) is 4.47. The van der Waals surface area contributed by atoms with Crippen molar-refractivity contribution < 1.29 is 9.13 Å². The summed E-state index contributed by atoms with van der Waals surface area (Å²) in [6, 6.07) is 6.79. The predicted octanol–water partition coefficient (Wildman–Crippen LogP) is 4.03. The van der Waals surface area contributed by atoms with Gasteiger partial charge in [-0.1, -0.05) is 12.1 Å². The van der Waals surface area contributed by atoms with Crippen LogP contribution in [-0.2, 0) is 0 Å². The SMILES string of the molecule is CCNc1cc(Oc2cccc(C)c2F)nc(C2CC2)n1. The van der Waals surface area contributed by atoms with Crippen LogP contribution >= 0.6 is 0 Å². The number of aryl methyl sites for hydroxylation is 1. The Hall–Kier alpha value is -2.17. The molecular formula is C16H18FN3O. The van der Waals surface area contributed by atoms with Gasteiger partial charge in [0.15, 0.2) is 11.6 Å². The van der Waals surface area contributed by atoms with Gasteiger partial charge in [0.05, 0.1) is 0 Å². The van der Waals surface area contributed by atoms with Crippen LogP contribution < -0.4 is 10.1 Å². The lowest BCUT2D eigenvalue weighted by molar-refractivity contribution is 0.423. The molecule has 0 bridgehead atoms. The summed E-state index contributed by atoms with van der Waals surface area (Å²) in [6.07, 6.45) is 2.21. The number of benzene rings is 1. The molecule has 0 spiro atoms. The molecule has 21 heavy (non-hydrogen) atoms. The fraction of sp³-hybridized carbons (Fsp3) is 0.375. The quantitative estimate of drug-likeness (QED) is 0.902. The molecule has 0 amide bonds. The molecule has 5 heteroatoms. The van der Waals surface area contributed by atoms with Crippen molar-refractivity contribution in [2.45, 2.75) is 32.6 Å². The highest BCUT2D eigenvalue weighted by atomic mass is 19.1. The fourth-order valence-corrected chi connectivity index (χ4v) is 2.10. The van der Waals surface area contributed by atoms with Gasteiger partial charge in [-0.05, 0) is 38.3 Å². The lowest BCUT2D eigenvalue weighted by Crippen LogP contribution is -2.04. The van der Waals surface area contributed by atoms with E-state index in [1.807, 2.05) is 6.92 Å². The first-order valence-electron chi connectivity index (χ1n) is 7.23. The summed E-state index contributed by atoms with van der Waals surface area (Å²) in [5.41, 5.74) is 0.552. The molecule has 4 nitrogen and oxygen atoms in total. The Morgan fingerprint density at radius 3 is 2.86 bits per heavy atom. The molecule has 1 aliphatic rings. The average molecular weight is 287 g/mol. The monoisotopic (exact) mass is 287 g/mol. The summed E-state index contributed by atoms with van der Waals surface area (Å²) in [7, 11) is 0. The lowest BCUT2D eigenvalue weighted by atomic mass is 10.2. The number of nitrogens with zero attached hydrogens (tertiary/aromatic N) is 2. The van der Waals surface area contributed by atoms with Gasteiger partial charge in [0.25, 0.3) is 0 Å². The van der Waals surface area contributed by atoms with Gasteiger partial charge < -0.3 is 10.1 Å². The topological polar surface area (TPSA) is 47.0 Å². The van der Waals surface area contributed by atoms with Crippen LogP contribution in [0, 0.1) is 12.7 Å². The zero-order valence-corrected chi connectivity index (χ0v) is 12.2. The Labute approximate surface area is 123 Å². The molecule has 1 aromatic heterocycles. The molecule has 3 rings (SSSR count).